The Kier molecular flexibility index (Phi) is 9.02. The molecule has 33 heavy (non-hydrogen) atoms. The zero-order valence-corrected chi connectivity index (χ0v) is 21.7. The standard InChI is InChI=1S/C28H38N2O2S/c1-19(2)24-16-11-20(3)17-26(24)32-27(31)18-30(25-10-8-7-9-21(25)4)28(29-5)22-12-14-23(33-6)15-13-22/h7-10,12-15,19-20,24,26H,11,16-18H2,1-6H3/b29-28+/t20-,24+,26-/m1/s1. The van der Waals surface area contributed by atoms with Crippen LogP contribution in [-0.2, 0) is 9.53 Å². The molecule has 0 unspecified atom stereocenters. The van der Waals surface area contributed by atoms with Crippen molar-refractivity contribution in [1.29, 1.82) is 0 Å². The fraction of sp³-hybridized carbons (Fsp3) is 0.500. The van der Waals surface area contributed by atoms with E-state index in [0.717, 1.165) is 35.5 Å². The second kappa shape index (κ2) is 11.7. The molecular weight excluding hydrogens is 428 g/mol. The third-order valence-corrected chi connectivity index (χ3v) is 7.50. The number of amidine groups is 1. The van der Waals surface area contributed by atoms with Gasteiger partial charge in [-0.2, -0.15) is 0 Å². The number of ether oxygens (including phenoxy) is 1. The molecule has 0 saturated heterocycles. The summed E-state index contributed by atoms with van der Waals surface area (Å²) in [5, 5.41) is 0. The highest BCUT2D eigenvalue weighted by Gasteiger charge is 2.34. The van der Waals surface area contributed by atoms with Crippen molar-refractivity contribution in [3.8, 4) is 0 Å². The number of esters is 1. The van der Waals surface area contributed by atoms with Gasteiger partial charge in [-0.05, 0) is 67.5 Å². The highest BCUT2D eigenvalue weighted by Crippen LogP contribution is 2.35. The molecule has 178 valence electrons. The van der Waals surface area contributed by atoms with E-state index in [2.05, 4.69) is 69.3 Å². The third kappa shape index (κ3) is 6.41. The van der Waals surface area contributed by atoms with Crippen molar-refractivity contribution in [3.63, 3.8) is 0 Å². The molecule has 1 saturated carbocycles. The summed E-state index contributed by atoms with van der Waals surface area (Å²) in [5.74, 6) is 2.10. The Hall–Kier alpha value is -2.27. The van der Waals surface area contributed by atoms with Gasteiger partial charge < -0.3 is 9.64 Å². The van der Waals surface area contributed by atoms with Crippen molar-refractivity contribution in [2.45, 2.75) is 58.0 Å². The number of benzene rings is 2. The maximum atomic E-state index is 13.3. The normalized spacial score (nSPS) is 21.2. The van der Waals surface area contributed by atoms with Crippen LogP contribution in [0.5, 0.6) is 0 Å². The van der Waals surface area contributed by atoms with E-state index < -0.39 is 0 Å². The van der Waals surface area contributed by atoms with Crippen molar-refractivity contribution in [3.05, 3.63) is 59.7 Å². The van der Waals surface area contributed by atoms with Crippen LogP contribution in [-0.4, -0.2) is 37.8 Å². The quantitative estimate of drug-likeness (QED) is 0.199. The SMILES string of the molecule is C/N=C(\c1ccc(SC)cc1)N(CC(=O)O[C@@H]1C[C@H](C)CC[C@H]1C(C)C)c1ccccc1C. The van der Waals surface area contributed by atoms with E-state index in [1.807, 2.05) is 23.1 Å². The maximum Gasteiger partial charge on any atom is 0.326 e. The van der Waals surface area contributed by atoms with E-state index in [0.29, 0.717) is 17.8 Å². The van der Waals surface area contributed by atoms with Gasteiger partial charge in [0.1, 0.15) is 18.5 Å². The Morgan fingerprint density at radius 2 is 1.85 bits per heavy atom. The Morgan fingerprint density at radius 3 is 2.45 bits per heavy atom. The van der Waals surface area contributed by atoms with Crippen molar-refractivity contribution in [2.75, 3.05) is 24.7 Å². The minimum Gasteiger partial charge on any atom is -0.461 e. The number of hydrogen-bond donors (Lipinski definition) is 0. The van der Waals surface area contributed by atoms with Crippen LogP contribution in [0.2, 0.25) is 0 Å². The summed E-state index contributed by atoms with van der Waals surface area (Å²) in [5.41, 5.74) is 3.05. The average Bonchev–Trinajstić information content (AvgIpc) is 2.79. The predicted octanol–water partition coefficient (Wildman–Crippen LogP) is 6.60. The molecule has 1 fully saturated rings. The second-order valence-electron chi connectivity index (χ2n) is 9.50. The van der Waals surface area contributed by atoms with Crippen LogP contribution in [0.3, 0.4) is 0 Å². The fourth-order valence-electron chi connectivity index (χ4n) is 4.87. The maximum absolute atomic E-state index is 13.3. The Morgan fingerprint density at radius 1 is 1.15 bits per heavy atom. The summed E-state index contributed by atoms with van der Waals surface area (Å²) in [7, 11) is 1.78. The van der Waals surface area contributed by atoms with Crippen LogP contribution < -0.4 is 4.90 Å². The summed E-state index contributed by atoms with van der Waals surface area (Å²) >= 11 is 1.71. The lowest BCUT2D eigenvalue weighted by Crippen LogP contribution is -2.41. The van der Waals surface area contributed by atoms with E-state index >= 15 is 0 Å². The first kappa shape index (κ1) is 25.4. The van der Waals surface area contributed by atoms with Crippen LogP contribution >= 0.6 is 11.8 Å². The van der Waals surface area contributed by atoms with Gasteiger partial charge >= 0.3 is 5.97 Å². The number of aryl methyl sites for hydroxylation is 1. The largest absolute Gasteiger partial charge is 0.461 e. The summed E-state index contributed by atoms with van der Waals surface area (Å²) in [6.45, 7) is 8.94. The molecule has 5 heteroatoms. The monoisotopic (exact) mass is 466 g/mol. The molecule has 0 amide bonds. The third-order valence-electron chi connectivity index (χ3n) is 6.75. The molecule has 1 aliphatic rings. The van der Waals surface area contributed by atoms with Gasteiger partial charge in [0, 0.05) is 23.2 Å². The average molecular weight is 467 g/mol. The molecule has 1 aliphatic carbocycles. The van der Waals surface area contributed by atoms with Crippen molar-refractivity contribution in [1.82, 2.24) is 0 Å². The van der Waals surface area contributed by atoms with E-state index in [9.17, 15) is 4.79 Å². The highest BCUT2D eigenvalue weighted by molar-refractivity contribution is 7.98. The smallest absolute Gasteiger partial charge is 0.326 e. The van der Waals surface area contributed by atoms with E-state index in [1.165, 1.54) is 11.3 Å². The van der Waals surface area contributed by atoms with E-state index in [1.54, 1.807) is 18.8 Å². The molecule has 0 bridgehead atoms. The number of anilines is 1. The summed E-state index contributed by atoms with van der Waals surface area (Å²) in [6, 6.07) is 16.5. The van der Waals surface area contributed by atoms with Crippen LogP contribution in [0.4, 0.5) is 5.69 Å². The van der Waals surface area contributed by atoms with Crippen molar-refractivity contribution < 1.29 is 9.53 Å². The molecule has 0 spiro atoms. The van der Waals surface area contributed by atoms with E-state index in [4.69, 9.17) is 4.74 Å². The fourth-order valence-corrected chi connectivity index (χ4v) is 5.28. The lowest BCUT2D eigenvalue weighted by molar-refractivity contribution is -0.154. The molecule has 2 aromatic rings. The first-order chi connectivity index (χ1) is 15.8. The zero-order valence-electron chi connectivity index (χ0n) is 20.9. The van der Waals surface area contributed by atoms with Gasteiger partial charge in [0.25, 0.3) is 0 Å². The molecule has 3 atom stereocenters. The van der Waals surface area contributed by atoms with Crippen molar-refractivity contribution >= 4 is 29.3 Å². The number of aliphatic imine (C=N–C) groups is 1. The van der Waals surface area contributed by atoms with Crippen LogP contribution in [0.15, 0.2) is 58.4 Å². The molecule has 0 N–H and O–H groups in total. The number of carbonyl (C=O) groups is 1. The van der Waals surface area contributed by atoms with Gasteiger partial charge in [-0.15, -0.1) is 11.8 Å². The molecular formula is C28H38N2O2S. The van der Waals surface area contributed by atoms with Crippen LogP contribution in [0.1, 0.15) is 51.2 Å². The van der Waals surface area contributed by atoms with Gasteiger partial charge in [0.15, 0.2) is 0 Å². The topological polar surface area (TPSA) is 41.9 Å². The first-order valence-corrected chi connectivity index (χ1v) is 13.2. The van der Waals surface area contributed by atoms with Gasteiger partial charge in [0.2, 0.25) is 0 Å². The molecule has 4 nitrogen and oxygen atoms in total. The van der Waals surface area contributed by atoms with Gasteiger partial charge in [-0.25, -0.2) is 0 Å². The summed E-state index contributed by atoms with van der Waals surface area (Å²) in [6.07, 6.45) is 5.34. The minimum atomic E-state index is -0.190. The second-order valence-corrected chi connectivity index (χ2v) is 10.4. The minimum absolute atomic E-state index is 0.0113. The van der Waals surface area contributed by atoms with Gasteiger partial charge in [-0.1, -0.05) is 57.5 Å². The summed E-state index contributed by atoms with van der Waals surface area (Å²) in [4.78, 5) is 21.1. The Labute approximate surface area is 203 Å². The number of thioether (sulfide) groups is 1. The Balaban J connectivity index is 1.88. The molecule has 0 heterocycles. The number of nitrogens with zero attached hydrogens (tertiary/aromatic N) is 2. The van der Waals surface area contributed by atoms with Crippen LogP contribution in [0.25, 0.3) is 0 Å². The first-order valence-electron chi connectivity index (χ1n) is 12.0. The molecule has 0 radical (unpaired) electrons. The van der Waals surface area contributed by atoms with Gasteiger partial charge in [-0.3, -0.25) is 9.79 Å². The van der Waals surface area contributed by atoms with Crippen molar-refractivity contribution in [2.24, 2.45) is 22.7 Å². The zero-order chi connectivity index (χ0) is 24.0. The molecule has 3 rings (SSSR count). The predicted molar refractivity (Wildman–Crippen MR) is 140 cm³/mol. The summed E-state index contributed by atoms with van der Waals surface area (Å²) < 4.78 is 6.16. The number of para-hydroxylation sites is 1. The number of rotatable bonds is 7. The highest BCUT2D eigenvalue weighted by atomic mass is 32.2. The molecule has 0 aromatic heterocycles. The van der Waals surface area contributed by atoms with E-state index in [-0.39, 0.29) is 18.6 Å². The van der Waals surface area contributed by atoms with Crippen LogP contribution in [0, 0.1) is 24.7 Å². The molecule has 2 aromatic carbocycles. The number of carbonyl (C=O) groups excluding carboxylic acids is 1. The number of hydrogen-bond acceptors (Lipinski definition) is 4. The lowest BCUT2D eigenvalue weighted by Gasteiger charge is -2.37. The Bertz CT molecular complexity index is 955. The van der Waals surface area contributed by atoms with Gasteiger partial charge in [0.05, 0.1) is 0 Å². The molecule has 0 aliphatic heterocycles. The lowest BCUT2D eigenvalue weighted by atomic mass is 9.75.